The van der Waals surface area contributed by atoms with Crippen molar-refractivity contribution in [3.63, 3.8) is 0 Å². The second-order valence-corrected chi connectivity index (χ2v) is 7.24. The van der Waals surface area contributed by atoms with Gasteiger partial charge < -0.3 is 4.74 Å². The molecule has 0 fully saturated rings. The molecule has 29 heavy (non-hydrogen) atoms. The summed E-state index contributed by atoms with van der Waals surface area (Å²) in [4.78, 5) is 10.7. The van der Waals surface area contributed by atoms with Crippen LogP contribution in [0.4, 0.5) is 8.78 Å². The maximum absolute atomic E-state index is 14.5. The lowest BCUT2D eigenvalue weighted by atomic mass is 9.86. The first-order valence-electron chi connectivity index (χ1n) is 9.68. The van der Waals surface area contributed by atoms with Crippen molar-refractivity contribution in [3.05, 3.63) is 100 Å². The van der Waals surface area contributed by atoms with Crippen LogP contribution in [0.5, 0.6) is 5.75 Å². The fraction of sp³-hybridized carbons (Fsp3) is 0.240. The molecule has 0 saturated heterocycles. The summed E-state index contributed by atoms with van der Waals surface area (Å²) in [5, 5.41) is 0. The highest BCUT2D eigenvalue weighted by Gasteiger charge is 2.19. The Bertz CT molecular complexity index is 981. The number of carbonyl (C=O) groups is 1. The van der Waals surface area contributed by atoms with Crippen molar-refractivity contribution in [2.45, 2.75) is 32.6 Å². The van der Waals surface area contributed by atoms with Gasteiger partial charge in [0, 0.05) is 17.5 Å². The lowest BCUT2D eigenvalue weighted by Gasteiger charge is -2.20. The van der Waals surface area contributed by atoms with Crippen LogP contribution >= 0.6 is 0 Å². The van der Waals surface area contributed by atoms with E-state index in [9.17, 15) is 13.6 Å². The average Bonchev–Trinajstić information content (AvgIpc) is 2.71. The Morgan fingerprint density at radius 3 is 2.34 bits per heavy atom. The molecule has 0 N–H and O–H groups in total. The Morgan fingerprint density at radius 2 is 1.69 bits per heavy atom. The topological polar surface area (TPSA) is 26.3 Å². The number of ether oxygens (including phenoxy) is 1. The second-order valence-electron chi connectivity index (χ2n) is 7.24. The molecule has 0 aromatic heterocycles. The molecular weight excluding hydrogens is 370 g/mol. The van der Waals surface area contributed by atoms with Gasteiger partial charge in [0.25, 0.3) is 0 Å². The zero-order valence-electron chi connectivity index (χ0n) is 16.6. The van der Waals surface area contributed by atoms with Crippen LogP contribution in [0, 0.1) is 25.5 Å². The fourth-order valence-electron chi connectivity index (χ4n) is 3.39. The third-order valence-corrected chi connectivity index (χ3v) is 5.19. The van der Waals surface area contributed by atoms with Crippen LogP contribution in [0.15, 0.2) is 60.7 Å². The minimum absolute atomic E-state index is 0.184. The molecule has 3 rings (SSSR count). The first kappa shape index (κ1) is 20.7. The lowest BCUT2D eigenvalue weighted by Crippen LogP contribution is -2.08. The molecule has 0 unspecified atom stereocenters. The summed E-state index contributed by atoms with van der Waals surface area (Å²) >= 11 is 0. The largest absolute Gasteiger partial charge is 0.494 e. The minimum atomic E-state index is -0.577. The van der Waals surface area contributed by atoms with Gasteiger partial charge >= 0.3 is 0 Å². The summed E-state index contributed by atoms with van der Waals surface area (Å²) in [5.41, 5.74) is 4.41. The summed E-state index contributed by atoms with van der Waals surface area (Å²) in [7, 11) is 0. The maximum atomic E-state index is 14.5. The SMILES string of the molecule is Cc1ccc([C@H](CCCOc2ccc(C=O)cc2)c2ccc(F)cc2F)cc1C. The van der Waals surface area contributed by atoms with Crippen LogP contribution in [0.25, 0.3) is 0 Å². The highest BCUT2D eigenvalue weighted by atomic mass is 19.1. The summed E-state index contributed by atoms with van der Waals surface area (Å²) in [6, 6.07) is 16.8. The molecule has 0 aliphatic carbocycles. The van der Waals surface area contributed by atoms with Crippen LogP contribution < -0.4 is 4.74 Å². The van der Waals surface area contributed by atoms with E-state index >= 15 is 0 Å². The summed E-state index contributed by atoms with van der Waals surface area (Å²) in [6.45, 7) is 4.53. The normalized spacial score (nSPS) is 11.9. The molecule has 4 heteroatoms. The second kappa shape index (κ2) is 9.46. The van der Waals surface area contributed by atoms with Crippen LogP contribution in [0.2, 0.25) is 0 Å². The number of hydrogen-bond donors (Lipinski definition) is 0. The van der Waals surface area contributed by atoms with Crippen LogP contribution in [-0.2, 0) is 0 Å². The summed E-state index contributed by atoms with van der Waals surface area (Å²) in [5.74, 6) is -0.604. The smallest absolute Gasteiger partial charge is 0.150 e. The van der Waals surface area contributed by atoms with Crippen molar-refractivity contribution < 1.29 is 18.3 Å². The number of hydrogen-bond acceptors (Lipinski definition) is 2. The molecule has 0 heterocycles. The monoisotopic (exact) mass is 394 g/mol. The highest BCUT2D eigenvalue weighted by molar-refractivity contribution is 5.74. The van der Waals surface area contributed by atoms with Crippen molar-refractivity contribution in [1.29, 1.82) is 0 Å². The van der Waals surface area contributed by atoms with Crippen molar-refractivity contribution in [2.24, 2.45) is 0 Å². The standard InChI is InChI=1S/C25H24F2O2/c1-17-5-8-20(14-18(17)2)23(24-12-9-21(26)15-25(24)27)4-3-13-29-22-10-6-19(16-28)7-11-22/h5-12,14-16,23H,3-4,13H2,1-2H3/t23-/m0/s1. The van der Waals surface area contributed by atoms with Gasteiger partial charge in [-0.25, -0.2) is 8.78 Å². The van der Waals surface area contributed by atoms with E-state index < -0.39 is 11.6 Å². The Balaban J connectivity index is 1.74. The van der Waals surface area contributed by atoms with Gasteiger partial charge in [-0.2, -0.15) is 0 Å². The average molecular weight is 394 g/mol. The van der Waals surface area contributed by atoms with E-state index in [2.05, 4.69) is 6.07 Å². The maximum Gasteiger partial charge on any atom is 0.150 e. The molecule has 2 nitrogen and oxygen atoms in total. The Hall–Kier alpha value is -3.01. The predicted molar refractivity (Wildman–Crippen MR) is 111 cm³/mol. The van der Waals surface area contributed by atoms with Crippen molar-refractivity contribution in [1.82, 2.24) is 0 Å². The number of aryl methyl sites for hydroxylation is 2. The van der Waals surface area contributed by atoms with Gasteiger partial charge in [-0.15, -0.1) is 0 Å². The summed E-state index contributed by atoms with van der Waals surface area (Å²) in [6.07, 6.45) is 2.15. The zero-order valence-corrected chi connectivity index (χ0v) is 16.6. The quantitative estimate of drug-likeness (QED) is 0.327. The fourth-order valence-corrected chi connectivity index (χ4v) is 3.39. The van der Waals surface area contributed by atoms with E-state index in [1.165, 1.54) is 17.7 Å². The number of benzene rings is 3. The molecule has 0 radical (unpaired) electrons. The van der Waals surface area contributed by atoms with E-state index in [4.69, 9.17) is 4.74 Å². The van der Waals surface area contributed by atoms with Crippen LogP contribution in [-0.4, -0.2) is 12.9 Å². The van der Waals surface area contributed by atoms with Crippen molar-refractivity contribution in [2.75, 3.05) is 6.61 Å². The van der Waals surface area contributed by atoms with Crippen molar-refractivity contribution in [3.8, 4) is 5.75 Å². The van der Waals surface area contributed by atoms with Gasteiger partial charge in [0.15, 0.2) is 0 Å². The molecule has 1 atom stereocenters. The molecule has 3 aromatic carbocycles. The Labute approximate surface area is 170 Å². The van der Waals surface area contributed by atoms with Gasteiger partial charge in [-0.05, 0) is 79.3 Å². The predicted octanol–water partition coefficient (Wildman–Crippen LogP) is 6.39. The lowest BCUT2D eigenvalue weighted by molar-refractivity contribution is 0.112. The van der Waals surface area contributed by atoms with Gasteiger partial charge in [0.05, 0.1) is 6.61 Å². The van der Waals surface area contributed by atoms with E-state index in [0.29, 0.717) is 36.3 Å². The van der Waals surface area contributed by atoms with Crippen LogP contribution in [0.1, 0.15) is 51.4 Å². The van der Waals surface area contributed by atoms with Gasteiger partial charge in [0.2, 0.25) is 0 Å². The number of halogens is 2. The highest BCUT2D eigenvalue weighted by Crippen LogP contribution is 2.32. The number of carbonyl (C=O) groups excluding carboxylic acids is 1. The van der Waals surface area contributed by atoms with E-state index in [1.807, 2.05) is 26.0 Å². The van der Waals surface area contributed by atoms with E-state index in [1.54, 1.807) is 24.3 Å². The molecule has 0 amide bonds. The summed E-state index contributed by atoms with van der Waals surface area (Å²) < 4.78 is 33.7. The van der Waals surface area contributed by atoms with E-state index in [-0.39, 0.29) is 5.92 Å². The third kappa shape index (κ3) is 5.29. The molecule has 0 bridgehead atoms. The molecule has 0 spiro atoms. The first-order chi connectivity index (χ1) is 14.0. The molecule has 0 aliphatic rings. The van der Waals surface area contributed by atoms with Crippen molar-refractivity contribution >= 4 is 6.29 Å². The first-order valence-corrected chi connectivity index (χ1v) is 9.68. The zero-order chi connectivity index (χ0) is 20.8. The van der Waals surface area contributed by atoms with Gasteiger partial charge in [0.1, 0.15) is 23.7 Å². The molecule has 0 saturated carbocycles. The third-order valence-electron chi connectivity index (χ3n) is 5.19. The minimum Gasteiger partial charge on any atom is -0.494 e. The number of aldehydes is 1. The molecule has 150 valence electrons. The Morgan fingerprint density at radius 1 is 0.931 bits per heavy atom. The van der Waals surface area contributed by atoms with E-state index in [0.717, 1.165) is 23.5 Å². The molecule has 3 aromatic rings. The number of rotatable bonds is 8. The van der Waals surface area contributed by atoms with Gasteiger partial charge in [-0.3, -0.25) is 4.79 Å². The Kier molecular flexibility index (Phi) is 6.76. The van der Waals surface area contributed by atoms with Gasteiger partial charge in [-0.1, -0.05) is 24.3 Å². The molecule has 0 aliphatic heterocycles. The van der Waals surface area contributed by atoms with Crippen LogP contribution in [0.3, 0.4) is 0 Å². The molecular formula is C25H24F2O2.